The van der Waals surface area contributed by atoms with Gasteiger partial charge in [-0.2, -0.15) is 5.26 Å². The molecule has 26 heavy (non-hydrogen) atoms. The standard InChI is InChI=1S/C19H10ClN3OS2/c20-16-11-5-1-2-7-15(11)26-18(16)17(24)12(9-21)19-23-14(10-25-19)13-6-3-4-8-22-13/h1-8,10,12H/t12-/m1/s1. The molecule has 0 aliphatic heterocycles. The number of halogens is 1. The summed E-state index contributed by atoms with van der Waals surface area (Å²) in [6, 6.07) is 15.1. The summed E-state index contributed by atoms with van der Waals surface area (Å²) < 4.78 is 0.922. The zero-order chi connectivity index (χ0) is 18.1. The van der Waals surface area contributed by atoms with Gasteiger partial charge in [0.2, 0.25) is 0 Å². The highest BCUT2D eigenvalue weighted by molar-refractivity contribution is 7.21. The van der Waals surface area contributed by atoms with Crippen LogP contribution in [0.25, 0.3) is 21.5 Å². The average Bonchev–Trinajstić information content (AvgIpc) is 3.29. The Hall–Kier alpha value is -2.59. The van der Waals surface area contributed by atoms with Gasteiger partial charge in [0.25, 0.3) is 0 Å². The maximum Gasteiger partial charge on any atom is 0.198 e. The molecule has 4 aromatic rings. The zero-order valence-corrected chi connectivity index (χ0v) is 15.6. The third kappa shape index (κ3) is 2.90. The van der Waals surface area contributed by atoms with E-state index in [9.17, 15) is 10.1 Å². The molecule has 0 unspecified atom stereocenters. The van der Waals surface area contributed by atoms with E-state index in [-0.39, 0.29) is 5.78 Å². The molecule has 0 bridgehead atoms. The lowest BCUT2D eigenvalue weighted by Gasteiger charge is -2.03. The smallest absolute Gasteiger partial charge is 0.198 e. The van der Waals surface area contributed by atoms with Crippen LogP contribution in [0.5, 0.6) is 0 Å². The number of rotatable bonds is 4. The van der Waals surface area contributed by atoms with Crippen LogP contribution in [0.2, 0.25) is 5.02 Å². The topological polar surface area (TPSA) is 66.6 Å². The van der Waals surface area contributed by atoms with Crippen LogP contribution in [0.15, 0.2) is 54.0 Å². The molecular weight excluding hydrogens is 386 g/mol. The molecule has 1 atom stereocenters. The van der Waals surface area contributed by atoms with Gasteiger partial charge in [-0.3, -0.25) is 9.78 Å². The zero-order valence-electron chi connectivity index (χ0n) is 13.2. The lowest BCUT2D eigenvalue weighted by Crippen LogP contribution is -2.10. The molecule has 3 heterocycles. The summed E-state index contributed by atoms with van der Waals surface area (Å²) in [7, 11) is 0. The molecule has 0 fully saturated rings. The molecule has 0 aliphatic carbocycles. The van der Waals surface area contributed by atoms with Crippen LogP contribution >= 0.6 is 34.3 Å². The van der Waals surface area contributed by atoms with Crippen LogP contribution in [0.4, 0.5) is 0 Å². The Labute approximate surface area is 162 Å². The first-order valence-corrected chi connectivity index (χ1v) is 9.74. The van der Waals surface area contributed by atoms with E-state index in [0.29, 0.717) is 26.3 Å². The summed E-state index contributed by atoms with van der Waals surface area (Å²) in [6.45, 7) is 0. The SMILES string of the molecule is N#C[C@H](C(=O)c1sc2ccccc2c1Cl)c1nc(-c2ccccn2)cs1. The van der Waals surface area contributed by atoms with Crippen LogP contribution in [0.1, 0.15) is 20.6 Å². The lowest BCUT2D eigenvalue weighted by molar-refractivity contribution is 0.0983. The molecule has 4 rings (SSSR count). The van der Waals surface area contributed by atoms with Gasteiger partial charge in [-0.15, -0.1) is 22.7 Å². The van der Waals surface area contributed by atoms with E-state index < -0.39 is 5.92 Å². The van der Waals surface area contributed by atoms with Gasteiger partial charge in [0.1, 0.15) is 5.01 Å². The van der Waals surface area contributed by atoms with Gasteiger partial charge in [-0.05, 0) is 18.2 Å². The van der Waals surface area contributed by atoms with Crippen molar-refractivity contribution in [3.8, 4) is 17.5 Å². The molecular formula is C19H10ClN3OS2. The number of carbonyl (C=O) groups is 1. The van der Waals surface area contributed by atoms with Crippen molar-refractivity contribution < 1.29 is 4.79 Å². The Morgan fingerprint density at radius 2 is 1.96 bits per heavy atom. The van der Waals surface area contributed by atoms with Gasteiger partial charge in [0, 0.05) is 21.7 Å². The van der Waals surface area contributed by atoms with Crippen molar-refractivity contribution in [1.29, 1.82) is 5.26 Å². The quantitative estimate of drug-likeness (QED) is 0.424. The van der Waals surface area contributed by atoms with Crippen molar-refractivity contribution in [3.63, 3.8) is 0 Å². The first kappa shape index (κ1) is 16.9. The van der Waals surface area contributed by atoms with Crippen molar-refractivity contribution >= 4 is 50.1 Å². The number of Topliss-reactive ketones (excluding diaryl/α,β-unsaturated/α-hetero) is 1. The molecule has 0 N–H and O–H groups in total. The van der Waals surface area contributed by atoms with Crippen LogP contribution in [-0.2, 0) is 0 Å². The van der Waals surface area contributed by atoms with Crippen LogP contribution in [0.3, 0.4) is 0 Å². The van der Waals surface area contributed by atoms with Gasteiger partial charge in [-0.25, -0.2) is 4.98 Å². The summed E-state index contributed by atoms with van der Waals surface area (Å²) >= 11 is 8.98. The number of carbonyl (C=O) groups excluding carboxylic acids is 1. The number of fused-ring (bicyclic) bond motifs is 1. The minimum Gasteiger partial charge on any atom is -0.291 e. The first-order valence-electron chi connectivity index (χ1n) is 7.66. The second-order valence-corrected chi connectivity index (χ2v) is 7.77. The number of hydrogen-bond donors (Lipinski definition) is 0. The summed E-state index contributed by atoms with van der Waals surface area (Å²) in [4.78, 5) is 22.1. The van der Waals surface area contributed by atoms with Crippen molar-refractivity contribution in [2.75, 3.05) is 0 Å². The Kier molecular flexibility index (Phi) is 4.51. The first-order chi connectivity index (χ1) is 12.7. The van der Waals surface area contributed by atoms with E-state index in [1.807, 2.05) is 47.8 Å². The fourth-order valence-electron chi connectivity index (χ4n) is 2.58. The van der Waals surface area contributed by atoms with E-state index in [0.717, 1.165) is 10.1 Å². The molecule has 1 aromatic carbocycles. The van der Waals surface area contributed by atoms with Gasteiger partial charge in [0.15, 0.2) is 11.7 Å². The maximum absolute atomic E-state index is 13.0. The van der Waals surface area contributed by atoms with Gasteiger partial charge < -0.3 is 0 Å². The summed E-state index contributed by atoms with van der Waals surface area (Å²) in [6.07, 6.45) is 1.68. The lowest BCUT2D eigenvalue weighted by atomic mass is 10.1. The maximum atomic E-state index is 13.0. The number of nitrogens with zero attached hydrogens (tertiary/aromatic N) is 3. The number of aromatic nitrogens is 2. The number of hydrogen-bond acceptors (Lipinski definition) is 6. The van der Waals surface area contributed by atoms with Crippen LogP contribution < -0.4 is 0 Å². The average molecular weight is 396 g/mol. The van der Waals surface area contributed by atoms with Crippen molar-refractivity contribution in [1.82, 2.24) is 9.97 Å². The number of thiazole rings is 1. The minimum atomic E-state index is -0.983. The van der Waals surface area contributed by atoms with Crippen molar-refractivity contribution in [3.05, 3.63) is 68.9 Å². The number of thiophene rings is 1. The fraction of sp³-hybridized carbons (Fsp3) is 0.0526. The molecule has 0 radical (unpaired) electrons. The number of pyridine rings is 1. The van der Waals surface area contributed by atoms with Crippen molar-refractivity contribution in [2.24, 2.45) is 0 Å². The molecule has 3 aromatic heterocycles. The summed E-state index contributed by atoms with van der Waals surface area (Å²) in [5.74, 6) is -1.30. The highest BCUT2D eigenvalue weighted by Crippen LogP contribution is 2.38. The van der Waals surface area contributed by atoms with Gasteiger partial charge in [0.05, 0.1) is 27.4 Å². The predicted octanol–water partition coefficient (Wildman–Crippen LogP) is 5.56. The van der Waals surface area contributed by atoms with E-state index >= 15 is 0 Å². The highest BCUT2D eigenvalue weighted by Gasteiger charge is 2.29. The number of nitriles is 1. The van der Waals surface area contributed by atoms with E-state index in [2.05, 4.69) is 16.0 Å². The molecule has 0 spiro atoms. The fourth-order valence-corrected chi connectivity index (χ4v) is 4.93. The second-order valence-electron chi connectivity index (χ2n) is 5.45. The number of ketones is 1. The Bertz CT molecular complexity index is 1140. The monoisotopic (exact) mass is 395 g/mol. The number of benzene rings is 1. The van der Waals surface area contributed by atoms with E-state index in [1.54, 1.807) is 6.20 Å². The Morgan fingerprint density at radius 3 is 2.69 bits per heavy atom. The summed E-state index contributed by atoms with van der Waals surface area (Å²) in [5.41, 5.74) is 1.36. The normalized spacial score (nSPS) is 12.0. The van der Waals surface area contributed by atoms with Crippen molar-refractivity contribution in [2.45, 2.75) is 5.92 Å². The molecule has 0 amide bonds. The van der Waals surface area contributed by atoms with Gasteiger partial charge in [-0.1, -0.05) is 35.9 Å². The van der Waals surface area contributed by atoms with Gasteiger partial charge >= 0.3 is 0 Å². The van der Waals surface area contributed by atoms with E-state index in [4.69, 9.17) is 11.6 Å². The second kappa shape index (κ2) is 6.96. The largest absolute Gasteiger partial charge is 0.291 e. The predicted molar refractivity (Wildman–Crippen MR) is 105 cm³/mol. The van der Waals surface area contributed by atoms with E-state index in [1.165, 1.54) is 22.7 Å². The third-order valence-electron chi connectivity index (χ3n) is 3.85. The van der Waals surface area contributed by atoms with Crippen LogP contribution in [0, 0.1) is 11.3 Å². The molecule has 0 saturated heterocycles. The summed E-state index contributed by atoms with van der Waals surface area (Å²) in [5, 5.41) is 13.1. The Morgan fingerprint density at radius 1 is 1.15 bits per heavy atom. The van der Waals surface area contributed by atoms with Crippen LogP contribution in [-0.4, -0.2) is 15.8 Å². The minimum absolute atomic E-state index is 0.319. The molecule has 7 heteroatoms. The molecule has 0 aliphatic rings. The third-order valence-corrected chi connectivity index (χ3v) is 6.45. The molecule has 4 nitrogen and oxygen atoms in total. The molecule has 126 valence electrons. The molecule has 0 saturated carbocycles. The Balaban J connectivity index is 1.71. The highest BCUT2D eigenvalue weighted by atomic mass is 35.5.